The molecule has 0 bridgehead atoms. The number of guanidine groups is 1. The van der Waals surface area contributed by atoms with Crippen LogP contribution in [0.3, 0.4) is 0 Å². The second-order valence-electron chi connectivity index (χ2n) is 5.85. The second-order valence-corrected chi connectivity index (χ2v) is 5.85. The number of hydrogen-bond acceptors (Lipinski definition) is 3. The molecule has 0 atom stereocenters. The maximum atomic E-state index is 12.9. The monoisotopic (exact) mass is 344 g/mol. The van der Waals surface area contributed by atoms with Gasteiger partial charge in [-0.2, -0.15) is 0 Å². The van der Waals surface area contributed by atoms with Crippen molar-refractivity contribution in [2.45, 2.75) is 13.2 Å². The summed E-state index contributed by atoms with van der Waals surface area (Å²) in [6.07, 6.45) is 0. The number of nitrogens with two attached hydrogens (primary N) is 1. The zero-order chi connectivity index (χ0) is 18.1. The summed E-state index contributed by atoms with van der Waals surface area (Å²) in [7, 11) is 3.65. The molecule has 0 aliphatic heterocycles. The van der Waals surface area contributed by atoms with E-state index in [-0.39, 0.29) is 5.82 Å². The van der Waals surface area contributed by atoms with E-state index in [0.717, 1.165) is 29.9 Å². The summed E-state index contributed by atoms with van der Waals surface area (Å²) in [6.45, 7) is 2.57. The largest absolute Gasteiger partial charge is 0.380 e. The Kier molecular flexibility index (Phi) is 7.37. The van der Waals surface area contributed by atoms with Gasteiger partial charge in [-0.05, 0) is 30.8 Å². The minimum absolute atomic E-state index is 0.219. The van der Waals surface area contributed by atoms with Crippen molar-refractivity contribution in [2.75, 3.05) is 32.6 Å². The van der Waals surface area contributed by atoms with Crippen LogP contribution in [0.15, 0.2) is 53.5 Å². The molecule has 2 aromatic rings. The van der Waals surface area contributed by atoms with Crippen molar-refractivity contribution >= 4 is 11.6 Å². The molecule has 5 nitrogen and oxygen atoms in total. The highest BCUT2D eigenvalue weighted by Gasteiger charge is 2.03. The van der Waals surface area contributed by atoms with Crippen LogP contribution in [0.4, 0.5) is 10.1 Å². The third-order valence-corrected chi connectivity index (χ3v) is 3.71. The van der Waals surface area contributed by atoms with E-state index in [9.17, 15) is 4.39 Å². The summed E-state index contributed by atoms with van der Waals surface area (Å²) in [4.78, 5) is 6.47. The molecule has 25 heavy (non-hydrogen) atoms. The molecule has 2 aromatic carbocycles. The zero-order valence-corrected chi connectivity index (χ0v) is 14.7. The maximum Gasteiger partial charge on any atom is 0.193 e. The van der Waals surface area contributed by atoms with Gasteiger partial charge in [0.1, 0.15) is 5.82 Å². The Morgan fingerprint density at radius 3 is 2.64 bits per heavy atom. The number of nitrogens with one attached hydrogen (secondary N) is 1. The first-order chi connectivity index (χ1) is 12.1. The van der Waals surface area contributed by atoms with Crippen molar-refractivity contribution in [3.05, 3.63) is 65.5 Å². The van der Waals surface area contributed by atoms with E-state index >= 15 is 0 Å². The third kappa shape index (κ3) is 6.52. The number of nitrogens with zero attached hydrogens (tertiary/aromatic N) is 2. The fourth-order valence-corrected chi connectivity index (χ4v) is 2.42. The lowest BCUT2D eigenvalue weighted by Crippen LogP contribution is -2.26. The molecule has 6 heteroatoms. The molecule has 0 saturated carbocycles. The van der Waals surface area contributed by atoms with E-state index < -0.39 is 0 Å². The molecule has 0 fully saturated rings. The number of aliphatic imine (C=N–C) groups is 1. The van der Waals surface area contributed by atoms with Gasteiger partial charge in [0, 0.05) is 31.5 Å². The molecule has 0 unspecified atom stereocenters. The number of halogens is 1. The maximum absolute atomic E-state index is 12.9. The van der Waals surface area contributed by atoms with Crippen LogP contribution in [0, 0.1) is 5.82 Å². The van der Waals surface area contributed by atoms with E-state index in [1.165, 1.54) is 12.1 Å². The number of rotatable bonds is 8. The second kappa shape index (κ2) is 9.76. The van der Waals surface area contributed by atoms with Crippen molar-refractivity contribution in [3.8, 4) is 0 Å². The van der Waals surface area contributed by atoms with Crippen LogP contribution in [-0.4, -0.2) is 38.1 Å². The van der Waals surface area contributed by atoms with Crippen LogP contribution in [0.25, 0.3) is 0 Å². The van der Waals surface area contributed by atoms with Crippen LogP contribution in [0.2, 0.25) is 0 Å². The molecular formula is C19H25FN4O. The predicted octanol–water partition coefficient (Wildman–Crippen LogP) is 2.83. The highest BCUT2D eigenvalue weighted by molar-refractivity contribution is 5.92. The Bertz CT molecular complexity index is 688. The zero-order valence-electron chi connectivity index (χ0n) is 14.7. The van der Waals surface area contributed by atoms with Crippen molar-refractivity contribution in [1.29, 1.82) is 0 Å². The van der Waals surface area contributed by atoms with Crippen LogP contribution in [-0.2, 0) is 17.9 Å². The van der Waals surface area contributed by atoms with E-state index in [4.69, 9.17) is 10.5 Å². The van der Waals surface area contributed by atoms with Crippen LogP contribution in [0.5, 0.6) is 0 Å². The van der Waals surface area contributed by atoms with E-state index in [2.05, 4.69) is 15.2 Å². The molecular weight excluding hydrogens is 319 g/mol. The summed E-state index contributed by atoms with van der Waals surface area (Å²) in [5.74, 6) is 0.155. The van der Waals surface area contributed by atoms with Crippen molar-refractivity contribution in [3.63, 3.8) is 0 Å². The Balaban J connectivity index is 1.81. The number of likely N-dealkylation sites (N-methyl/N-ethyl adjacent to an activating group) is 1. The van der Waals surface area contributed by atoms with Gasteiger partial charge in [0.05, 0.1) is 13.2 Å². The normalized spacial score (nSPS) is 11.8. The summed E-state index contributed by atoms with van der Waals surface area (Å²) in [5.41, 5.74) is 8.94. The number of methoxy groups -OCH3 is 1. The fourth-order valence-electron chi connectivity index (χ4n) is 2.42. The smallest absolute Gasteiger partial charge is 0.193 e. The summed E-state index contributed by atoms with van der Waals surface area (Å²) < 4.78 is 18.1. The van der Waals surface area contributed by atoms with Crippen LogP contribution < -0.4 is 11.1 Å². The molecule has 3 N–H and O–H groups in total. The topological polar surface area (TPSA) is 62.9 Å². The van der Waals surface area contributed by atoms with E-state index in [1.54, 1.807) is 19.2 Å². The lowest BCUT2D eigenvalue weighted by atomic mass is 10.2. The van der Waals surface area contributed by atoms with Crippen LogP contribution in [0.1, 0.15) is 11.1 Å². The summed E-state index contributed by atoms with van der Waals surface area (Å²) >= 11 is 0. The van der Waals surface area contributed by atoms with Gasteiger partial charge in [-0.3, -0.25) is 4.99 Å². The Labute approximate surface area is 148 Å². The van der Waals surface area contributed by atoms with Crippen molar-refractivity contribution in [2.24, 2.45) is 10.7 Å². The molecule has 134 valence electrons. The highest BCUT2D eigenvalue weighted by atomic mass is 19.1. The average molecular weight is 344 g/mol. The van der Waals surface area contributed by atoms with Gasteiger partial charge in [0.25, 0.3) is 0 Å². The number of para-hydroxylation sites is 1. The molecule has 0 aliphatic rings. The first kappa shape index (κ1) is 18.9. The minimum atomic E-state index is -0.219. The quantitative estimate of drug-likeness (QED) is 0.571. The Morgan fingerprint density at radius 2 is 1.92 bits per heavy atom. The van der Waals surface area contributed by atoms with Gasteiger partial charge in [0.15, 0.2) is 5.96 Å². The van der Waals surface area contributed by atoms with Gasteiger partial charge >= 0.3 is 0 Å². The first-order valence-electron chi connectivity index (χ1n) is 8.15. The molecule has 0 aromatic heterocycles. The van der Waals surface area contributed by atoms with Gasteiger partial charge in [-0.25, -0.2) is 4.39 Å². The lowest BCUT2D eigenvalue weighted by molar-refractivity contribution is 0.185. The molecule has 0 aliphatic carbocycles. The molecule has 0 amide bonds. The number of hydrogen-bond donors (Lipinski definition) is 2. The van der Waals surface area contributed by atoms with Crippen LogP contribution >= 0.6 is 0 Å². The molecule has 0 radical (unpaired) electrons. The van der Waals surface area contributed by atoms with Gasteiger partial charge < -0.3 is 20.7 Å². The minimum Gasteiger partial charge on any atom is -0.380 e. The lowest BCUT2D eigenvalue weighted by Gasteiger charge is -2.16. The SMILES string of the molecule is COCc1ccccc1NC(N)=NCCN(C)Cc1ccc(F)cc1. The standard InChI is InChI=1S/C19H25FN4O/c1-24(13-15-7-9-17(20)10-8-15)12-11-22-19(21)23-18-6-4-3-5-16(18)14-25-2/h3-10H,11-14H2,1-2H3,(H3,21,22,23). The van der Waals surface area contributed by atoms with E-state index in [0.29, 0.717) is 19.1 Å². The Hall–Kier alpha value is -2.44. The van der Waals surface area contributed by atoms with Gasteiger partial charge in [-0.15, -0.1) is 0 Å². The highest BCUT2D eigenvalue weighted by Crippen LogP contribution is 2.15. The number of ether oxygens (including phenoxy) is 1. The predicted molar refractivity (Wildman–Crippen MR) is 100 cm³/mol. The molecule has 0 heterocycles. The molecule has 0 spiro atoms. The van der Waals surface area contributed by atoms with Gasteiger partial charge in [-0.1, -0.05) is 30.3 Å². The summed E-state index contributed by atoms with van der Waals surface area (Å²) in [6, 6.07) is 14.3. The number of anilines is 1. The van der Waals surface area contributed by atoms with Gasteiger partial charge in [0.2, 0.25) is 0 Å². The molecule has 0 saturated heterocycles. The third-order valence-electron chi connectivity index (χ3n) is 3.71. The first-order valence-corrected chi connectivity index (χ1v) is 8.15. The average Bonchev–Trinajstić information content (AvgIpc) is 2.59. The van der Waals surface area contributed by atoms with Crippen molar-refractivity contribution in [1.82, 2.24) is 4.90 Å². The van der Waals surface area contributed by atoms with Crippen molar-refractivity contribution < 1.29 is 9.13 Å². The number of benzene rings is 2. The summed E-state index contributed by atoms with van der Waals surface area (Å²) in [5, 5.41) is 3.11. The molecule has 2 rings (SSSR count). The Morgan fingerprint density at radius 1 is 1.20 bits per heavy atom. The van der Waals surface area contributed by atoms with E-state index in [1.807, 2.05) is 31.3 Å². The fraction of sp³-hybridized carbons (Fsp3) is 0.316.